The molecule has 1 aromatic rings. The largest absolute Gasteiger partial charge is 0.497 e. The van der Waals surface area contributed by atoms with Gasteiger partial charge in [-0.2, -0.15) is 0 Å². The van der Waals surface area contributed by atoms with Gasteiger partial charge in [-0.05, 0) is 51.3 Å². The van der Waals surface area contributed by atoms with Gasteiger partial charge >= 0.3 is 0 Å². The van der Waals surface area contributed by atoms with Crippen LogP contribution >= 0.6 is 0 Å². The van der Waals surface area contributed by atoms with Crippen LogP contribution in [0.3, 0.4) is 0 Å². The highest BCUT2D eigenvalue weighted by molar-refractivity contribution is 5.80. The fourth-order valence-electron chi connectivity index (χ4n) is 3.39. The first-order valence-electron chi connectivity index (χ1n) is 9.46. The molecule has 2 atom stereocenters. The third-order valence-electron chi connectivity index (χ3n) is 4.86. The van der Waals surface area contributed by atoms with Gasteiger partial charge in [-0.3, -0.25) is 4.79 Å². The third kappa shape index (κ3) is 6.24. The van der Waals surface area contributed by atoms with E-state index < -0.39 is 6.10 Å². The second-order valence-electron chi connectivity index (χ2n) is 6.68. The molecule has 0 saturated carbocycles. The first-order valence-corrected chi connectivity index (χ1v) is 9.46. The van der Waals surface area contributed by atoms with E-state index in [1.165, 1.54) is 32.2 Å². The van der Waals surface area contributed by atoms with Crippen LogP contribution in [-0.2, 0) is 4.79 Å². The van der Waals surface area contributed by atoms with Gasteiger partial charge in [-0.25, -0.2) is 0 Å². The Morgan fingerprint density at radius 2 is 2.16 bits per heavy atom. The maximum Gasteiger partial charge on any atom is 0.260 e. The first-order chi connectivity index (χ1) is 12.1. The van der Waals surface area contributed by atoms with E-state index in [1.807, 2.05) is 18.2 Å². The summed E-state index contributed by atoms with van der Waals surface area (Å²) in [6, 6.07) is 8.03. The number of hydrogen-bond acceptors (Lipinski definition) is 4. The molecule has 2 rings (SSSR count). The molecule has 5 heteroatoms. The zero-order chi connectivity index (χ0) is 18.1. The Kier molecular flexibility index (Phi) is 8.06. The van der Waals surface area contributed by atoms with Crippen molar-refractivity contribution in [2.75, 3.05) is 26.7 Å². The molecule has 1 aliphatic rings. The van der Waals surface area contributed by atoms with Crippen molar-refractivity contribution in [3.63, 3.8) is 0 Å². The lowest BCUT2D eigenvalue weighted by Crippen LogP contribution is -2.41. The summed E-state index contributed by atoms with van der Waals surface area (Å²) in [6.45, 7) is 6.98. The molecule has 0 spiro atoms. The SMILES string of the molecule is CC[C@H]1CCCCN1CCCNC(=O)[C@H](C)Oc1cccc(OC)c1. The number of hydrogen-bond donors (Lipinski definition) is 1. The molecule has 0 bridgehead atoms. The minimum absolute atomic E-state index is 0.0755. The van der Waals surface area contributed by atoms with Crippen LogP contribution in [0.2, 0.25) is 0 Å². The summed E-state index contributed by atoms with van der Waals surface area (Å²) in [5, 5.41) is 2.98. The number of amides is 1. The Bertz CT molecular complexity index is 535. The van der Waals surface area contributed by atoms with Gasteiger partial charge in [0, 0.05) is 25.2 Å². The minimum atomic E-state index is -0.523. The molecular formula is C20H32N2O3. The smallest absolute Gasteiger partial charge is 0.260 e. The van der Waals surface area contributed by atoms with Crippen molar-refractivity contribution in [2.45, 2.75) is 58.1 Å². The number of benzene rings is 1. The summed E-state index contributed by atoms with van der Waals surface area (Å²) in [6.07, 6.45) is 5.64. The van der Waals surface area contributed by atoms with Crippen LogP contribution in [0.1, 0.15) is 46.0 Å². The molecule has 0 aromatic heterocycles. The molecule has 140 valence electrons. The van der Waals surface area contributed by atoms with E-state index in [2.05, 4.69) is 17.1 Å². The Balaban J connectivity index is 1.68. The van der Waals surface area contributed by atoms with E-state index in [-0.39, 0.29) is 5.91 Å². The Labute approximate surface area is 151 Å². The molecule has 1 N–H and O–H groups in total. The minimum Gasteiger partial charge on any atom is -0.497 e. The van der Waals surface area contributed by atoms with Crippen LogP contribution in [0.5, 0.6) is 11.5 Å². The molecule has 0 unspecified atom stereocenters. The van der Waals surface area contributed by atoms with Crippen molar-refractivity contribution >= 4 is 5.91 Å². The molecule has 1 saturated heterocycles. The molecule has 1 aliphatic heterocycles. The Morgan fingerprint density at radius 3 is 2.92 bits per heavy atom. The summed E-state index contributed by atoms with van der Waals surface area (Å²) < 4.78 is 10.9. The van der Waals surface area contributed by atoms with Crippen molar-refractivity contribution in [1.29, 1.82) is 0 Å². The molecule has 0 aliphatic carbocycles. The summed E-state index contributed by atoms with van der Waals surface area (Å²) in [4.78, 5) is 14.8. The Morgan fingerprint density at radius 1 is 1.36 bits per heavy atom. The second-order valence-corrected chi connectivity index (χ2v) is 6.68. The quantitative estimate of drug-likeness (QED) is 0.696. The van der Waals surface area contributed by atoms with Gasteiger partial charge in [0.05, 0.1) is 7.11 Å². The van der Waals surface area contributed by atoms with Crippen LogP contribution in [0, 0.1) is 0 Å². The van der Waals surface area contributed by atoms with Crippen molar-refractivity contribution in [3.05, 3.63) is 24.3 Å². The van der Waals surface area contributed by atoms with E-state index in [4.69, 9.17) is 9.47 Å². The molecule has 1 heterocycles. The molecule has 25 heavy (non-hydrogen) atoms. The summed E-state index contributed by atoms with van der Waals surface area (Å²) >= 11 is 0. The molecule has 0 radical (unpaired) electrons. The zero-order valence-electron chi connectivity index (χ0n) is 15.8. The van der Waals surface area contributed by atoms with Crippen LogP contribution < -0.4 is 14.8 Å². The number of likely N-dealkylation sites (tertiary alicyclic amines) is 1. The predicted molar refractivity (Wildman–Crippen MR) is 100 cm³/mol. The van der Waals surface area contributed by atoms with Gasteiger partial charge in [0.2, 0.25) is 0 Å². The van der Waals surface area contributed by atoms with E-state index in [0.717, 1.165) is 24.8 Å². The highest BCUT2D eigenvalue weighted by atomic mass is 16.5. The van der Waals surface area contributed by atoms with Crippen molar-refractivity contribution in [2.24, 2.45) is 0 Å². The van der Waals surface area contributed by atoms with Gasteiger partial charge in [0.25, 0.3) is 5.91 Å². The van der Waals surface area contributed by atoms with Gasteiger partial charge in [-0.15, -0.1) is 0 Å². The predicted octanol–water partition coefficient (Wildman–Crippen LogP) is 3.23. The number of piperidine rings is 1. The molecule has 5 nitrogen and oxygen atoms in total. The number of ether oxygens (including phenoxy) is 2. The van der Waals surface area contributed by atoms with Crippen molar-refractivity contribution < 1.29 is 14.3 Å². The number of nitrogens with zero attached hydrogens (tertiary/aromatic N) is 1. The van der Waals surface area contributed by atoms with E-state index in [1.54, 1.807) is 20.1 Å². The lowest BCUT2D eigenvalue weighted by atomic mass is 10.00. The van der Waals surface area contributed by atoms with E-state index in [9.17, 15) is 4.79 Å². The van der Waals surface area contributed by atoms with Gasteiger partial charge < -0.3 is 19.7 Å². The molecule has 1 amide bonds. The summed E-state index contributed by atoms with van der Waals surface area (Å²) in [7, 11) is 1.61. The average Bonchev–Trinajstić information content (AvgIpc) is 2.65. The number of nitrogens with one attached hydrogen (secondary N) is 1. The van der Waals surface area contributed by atoms with Crippen molar-refractivity contribution in [1.82, 2.24) is 10.2 Å². The van der Waals surface area contributed by atoms with Crippen LogP contribution in [0.25, 0.3) is 0 Å². The average molecular weight is 348 g/mol. The second kappa shape index (κ2) is 10.3. The van der Waals surface area contributed by atoms with Crippen LogP contribution in [0.4, 0.5) is 0 Å². The van der Waals surface area contributed by atoms with Gasteiger partial charge in [0.15, 0.2) is 6.10 Å². The monoisotopic (exact) mass is 348 g/mol. The van der Waals surface area contributed by atoms with E-state index in [0.29, 0.717) is 12.3 Å². The Hall–Kier alpha value is -1.75. The maximum atomic E-state index is 12.2. The molecule has 1 fully saturated rings. The number of methoxy groups -OCH3 is 1. The first kappa shape index (κ1) is 19.6. The maximum absolute atomic E-state index is 12.2. The van der Waals surface area contributed by atoms with Crippen molar-refractivity contribution in [3.8, 4) is 11.5 Å². The summed E-state index contributed by atoms with van der Waals surface area (Å²) in [5.74, 6) is 1.28. The number of rotatable bonds is 9. The van der Waals surface area contributed by atoms with Gasteiger partial charge in [0.1, 0.15) is 11.5 Å². The van der Waals surface area contributed by atoms with E-state index >= 15 is 0 Å². The lowest BCUT2D eigenvalue weighted by molar-refractivity contribution is -0.127. The van der Waals surface area contributed by atoms with Crippen LogP contribution in [-0.4, -0.2) is 49.7 Å². The highest BCUT2D eigenvalue weighted by Crippen LogP contribution is 2.20. The standard InChI is InChI=1S/C20H32N2O3/c1-4-17-9-5-6-13-22(17)14-8-12-21-20(23)16(2)25-19-11-7-10-18(15-19)24-3/h7,10-11,15-17H,4-6,8-9,12-14H2,1-3H3,(H,21,23)/t16-,17-/m0/s1. The van der Waals surface area contributed by atoms with Gasteiger partial charge in [-0.1, -0.05) is 19.4 Å². The topological polar surface area (TPSA) is 50.8 Å². The number of carbonyl (C=O) groups excluding carboxylic acids is 1. The summed E-state index contributed by atoms with van der Waals surface area (Å²) in [5.41, 5.74) is 0. The molecule has 1 aromatic carbocycles. The third-order valence-corrected chi connectivity index (χ3v) is 4.86. The van der Waals surface area contributed by atoms with Crippen LogP contribution in [0.15, 0.2) is 24.3 Å². The highest BCUT2D eigenvalue weighted by Gasteiger charge is 2.20. The molecular weight excluding hydrogens is 316 g/mol. The fraction of sp³-hybridized carbons (Fsp3) is 0.650. The fourth-order valence-corrected chi connectivity index (χ4v) is 3.39. The zero-order valence-corrected chi connectivity index (χ0v) is 15.8. The number of carbonyl (C=O) groups is 1. The lowest BCUT2D eigenvalue weighted by Gasteiger charge is -2.35. The normalized spacial score (nSPS) is 19.2.